The van der Waals surface area contributed by atoms with Crippen LogP contribution in [0, 0.1) is 0 Å². The molecule has 0 radical (unpaired) electrons. The molecule has 1 N–H and O–H groups in total. The fourth-order valence-electron chi connectivity index (χ4n) is 4.24. The number of halogens is 2. The number of ether oxygens (including phenoxy) is 1. The van der Waals surface area contributed by atoms with Crippen molar-refractivity contribution in [1.82, 2.24) is 5.32 Å². The Bertz CT molecular complexity index is 1180. The molecule has 1 unspecified atom stereocenters. The number of carbonyl (C=O) groups is 1. The van der Waals surface area contributed by atoms with Crippen LogP contribution in [-0.4, -0.2) is 32.2 Å². The summed E-state index contributed by atoms with van der Waals surface area (Å²) >= 11 is 15.3. The molecule has 5 rings (SSSR count). The van der Waals surface area contributed by atoms with E-state index in [1.807, 2.05) is 17.5 Å². The predicted octanol–water partition coefficient (Wildman–Crippen LogP) is 6.33. The molecule has 0 spiro atoms. The third-order valence-corrected chi connectivity index (χ3v) is 8.50. The summed E-state index contributed by atoms with van der Waals surface area (Å²) in [5, 5.41) is 8.59. The van der Waals surface area contributed by atoms with Gasteiger partial charge in [0.25, 0.3) is 5.91 Å². The molecule has 2 aliphatic rings. The Morgan fingerprint density at radius 2 is 1.82 bits per heavy atom. The lowest BCUT2D eigenvalue weighted by Gasteiger charge is -2.38. The van der Waals surface area contributed by atoms with Crippen molar-refractivity contribution < 1.29 is 9.53 Å². The standard InChI is InChI=1S/C25H22Cl2N2O2S2/c26-19-3-6-22(21(27)15-19)33-23-7-9-25(28-24(23)30,18-8-14-32-16-18)17-1-4-20(5-2-17)29-10-12-31-13-11-29/h1-8,14-16H,9-13H2,(H,28,30). The predicted molar refractivity (Wildman–Crippen MR) is 138 cm³/mol. The van der Waals surface area contributed by atoms with E-state index in [4.69, 9.17) is 27.9 Å². The number of nitrogens with one attached hydrogen (secondary N) is 1. The summed E-state index contributed by atoms with van der Waals surface area (Å²) < 4.78 is 5.47. The first-order valence-electron chi connectivity index (χ1n) is 10.7. The van der Waals surface area contributed by atoms with Crippen molar-refractivity contribution in [2.45, 2.75) is 16.9 Å². The number of anilines is 1. The summed E-state index contributed by atoms with van der Waals surface area (Å²) in [4.78, 5) is 17.1. The van der Waals surface area contributed by atoms with E-state index in [-0.39, 0.29) is 5.91 Å². The van der Waals surface area contributed by atoms with E-state index in [9.17, 15) is 4.79 Å². The molecule has 33 heavy (non-hydrogen) atoms. The van der Waals surface area contributed by atoms with Crippen molar-refractivity contribution in [2.75, 3.05) is 31.2 Å². The lowest BCUT2D eigenvalue weighted by Crippen LogP contribution is -2.49. The van der Waals surface area contributed by atoms with Crippen LogP contribution in [0.1, 0.15) is 17.5 Å². The second-order valence-corrected chi connectivity index (χ2v) is 10.7. The quantitative estimate of drug-likeness (QED) is 0.430. The van der Waals surface area contributed by atoms with E-state index < -0.39 is 5.54 Å². The average Bonchev–Trinajstić information content (AvgIpc) is 3.38. The molecule has 0 saturated carbocycles. The number of hydrogen-bond acceptors (Lipinski definition) is 5. The minimum atomic E-state index is -0.603. The van der Waals surface area contributed by atoms with Gasteiger partial charge in [-0.1, -0.05) is 53.2 Å². The lowest BCUT2D eigenvalue weighted by atomic mass is 9.79. The Morgan fingerprint density at radius 1 is 1.03 bits per heavy atom. The number of benzene rings is 2. The molecule has 1 amide bonds. The Balaban J connectivity index is 1.45. The third kappa shape index (κ3) is 4.68. The molecule has 0 aliphatic carbocycles. The van der Waals surface area contributed by atoms with Crippen LogP contribution in [0.4, 0.5) is 5.69 Å². The van der Waals surface area contributed by atoms with Crippen LogP contribution >= 0.6 is 46.3 Å². The van der Waals surface area contributed by atoms with Gasteiger partial charge in [0.15, 0.2) is 0 Å². The number of hydrogen-bond donors (Lipinski definition) is 1. The Hall–Kier alpha value is -1.96. The first-order chi connectivity index (χ1) is 16.0. The van der Waals surface area contributed by atoms with Gasteiger partial charge in [-0.3, -0.25) is 4.79 Å². The van der Waals surface area contributed by atoms with Crippen molar-refractivity contribution >= 4 is 57.9 Å². The number of thioether (sulfide) groups is 1. The molecule has 0 bridgehead atoms. The molecule has 3 aromatic rings. The van der Waals surface area contributed by atoms with Gasteiger partial charge in [-0.25, -0.2) is 0 Å². The van der Waals surface area contributed by atoms with Gasteiger partial charge in [0.05, 0.1) is 28.7 Å². The van der Waals surface area contributed by atoms with E-state index in [1.165, 1.54) is 17.4 Å². The first-order valence-corrected chi connectivity index (χ1v) is 13.2. The van der Waals surface area contributed by atoms with Crippen LogP contribution in [0.3, 0.4) is 0 Å². The van der Waals surface area contributed by atoms with Crippen molar-refractivity contribution in [3.05, 3.63) is 91.4 Å². The van der Waals surface area contributed by atoms with Gasteiger partial charge in [0.1, 0.15) is 0 Å². The number of nitrogens with zero attached hydrogens (tertiary/aromatic N) is 1. The lowest BCUT2D eigenvalue weighted by molar-refractivity contribution is -0.118. The van der Waals surface area contributed by atoms with Crippen molar-refractivity contribution in [3.63, 3.8) is 0 Å². The molecule has 1 aromatic heterocycles. The summed E-state index contributed by atoms with van der Waals surface area (Å²) in [5.41, 5.74) is 2.73. The molecular formula is C25H22Cl2N2O2S2. The number of amides is 1. The SMILES string of the molecule is O=C1NC(c2ccc(N3CCOCC3)cc2)(c2ccsc2)CC=C1Sc1ccc(Cl)cc1Cl. The monoisotopic (exact) mass is 516 g/mol. The van der Waals surface area contributed by atoms with Gasteiger partial charge in [-0.05, 0) is 64.7 Å². The zero-order chi connectivity index (χ0) is 22.8. The van der Waals surface area contributed by atoms with Crippen LogP contribution < -0.4 is 10.2 Å². The fraction of sp³-hybridized carbons (Fsp3) is 0.240. The Labute approximate surface area is 211 Å². The molecule has 170 valence electrons. The highest BCUT2D eigenvalue weighted by Gasteiger charge is 2.39. The van der Waals surface area contributed by atoms with E-state index >= 15 is 0 Å². The highest BCUT2D eigenvalue weighted by Crippen LogP contribution is 2.42. The number of thiophene rings is 1. The summed E-state index contributed by atoms with van der Waals surface area (Å²) in [6.45, 7) is 3.28. The van der Waals surface area contributed by atoms with Crippen molar-refractivity contribution in [2.24, 2.45) is 0 Å². The van der Waals surface area contributed by atoms with Crippen LogP contribution in [-0.2, 0) is 15.1 Å². The largest absolute Gasteiger partial charge is 0.378 e. The highest BCUT2D eigenvalue weighted by molar-refractivity contribution is 8.04. The summed E-state index contributed by atoms with van der Waals surface area (Å²) in [7, 11) is 0. The van der Waals surface area contributed by atoms with E-state index in [0.717, 1.165) is 42.3 Å². The van der Waals surface area contributed by atoms with Gasteiger partial charge >= 0.3 is 0 Å². The molecule has 1 atom stereocenters. The maximum Gasteiger partial charge on any atom is 0.258 e. The normalized spacial score (nSPS) is 21.0. The summed E-state index contributed by atoms with van der Waals surface area (Å²) in [6, 6.07) is 15.9. The number of morpholine rings is 1. The number of rotatable bonds is 5. The van der Waals surface area contributed by atoms with E-state index in [0.29, 0.717) is 21.4 Å². The van der Waals surface area contributed by atoms with E-state index in [1.54, 1.807) is 23.5 Å². The molecule has 1 fully saturated rings. The summed E-state index contributed by atoms with van der Waals surface area (Å²) in [6.07, 6.45) is 2.67. The molecule has 4 nitrogen and oxygen atoms in total. The highest BCUT2D eigenvalue weighted by atomic mass is 35.5. The van der Waals surface area contributed by atoms with Crippen LogP contribution in [0.5, 0.6) is 0 Å². The molecular weight excluding hydrogens is 495 g/mol. The fourth-order valence-corrected chi connectivity index (χ4v) is 6.34. The maximum atomic E-state index is 13.3. The maximum absolute atomic E-state index is 13.3. The Morgan fingerprint density at radius 3 is 2.48 bits per heavy atom. The molecule has 2 aromatic carbocycles. The van der Waals surface area contributed by atoms with Gasteiger partial charge in [-0.2, -0.15) is 11.3 Å². The van der Waals surface area contributed by atoms with Crippen molar-refractivity contribution in [3.8, 4) is 0 Å². The molecule has 2 aliphatic heterocycles. The molecule has 3 heterocycles. The second kappa shape index (κ2) is 9.72. The van der Waals surface area contributed by atoms with Crippen molar-refractivity contribution in [1.29, 1.82) is 0 Å². The minimum Gasteiger partial charge on any atom is -0.378 e. The van der Waals surface area contributed by atoms with E-state index in [2.05, 4.69) is 45.9 Å². The van der Waals surface area contributed by atoms with Crippen LogP contribution in [0.2, 0.25) is 10.0 Å². The van der Waals surface area contributed by atoms with Gasteiger partial charge in [-0.15, -0.1) is 0 Å². The first kappa shape index (κ1) is 22.8. The average molecular weight is 518 g/mol. The summed E-state index contributed by atoms with van der Waals surface area (Å²) in [5.74, 6) is -0.110. The smallest absolute Gasteiger partial charge is 0.258 e. The van der Waals surface area contributed by atoms with Gasteiger partial charge in [0, 0.05) is 28.7 Å². The van der Waals surface area contributed by atoms with Crippen LogP contribution in [0.15, 0.2) is 75.2 Å². The molecule has 1 saturated heterocycles. The van der Waals surface area contributed by atoms with Gasteiger partial charge in [0.2, 0.25) is 0 Å². The van der Waals surface area contributed by atoms with Gasteiger partial charge < -0.3 is 15.0 Å². The molecule has 8 heteroatoms. The zero-order valence-corrected chi connectivity index (χ0v) is 20.9. The third-order valence-electron chi connectivity index (χ3n) is 6.01. The van der Waals surface area contributed by atoms with Crippen LogP contribution in [0.25, 0.3) is 0 Å². The minimum absolute atomic E-state index is 0.110. The zero-order valence-electron chi connectivity index (χ0n) is 17.7. The number of carbonyl (C=O) groups excluding carboxylic acids is 1. The Kier molecular flexibility index (Phi) is 6.72. The topological polar surface area (TPSA) is 41.6 Å². The second-order valence-electron chi connectivity index (χ2n) is 7.97.